The second-order valence-corrected chi connectivity index (χ2v) is 4.38. The second kappa shape index (κ2) is 5.17. The molecule has 2 rings (SSSR count). The highest BCUT2D eigenvalue weighted by atomic mass is 32.1. The van der Waals surface area contributed by atoms with Gasteiger partial charge in [-0.05, 0) is 17.5 Å². The Kier molecular flexibility index (Phi) is 3.85. The van der Waals surface area contributed by atoms with E-state index in [0.717, 1.165) is 12.8 Å². The molecule has 1 aromatic rings. The van der Waals surface area contributed by atoms with E-state index < -0.39 is 0 Å². The molecule has 0 saturated carbocycles. The van der Waals surface area contributed by atoms with Crippen molar-refractivity contribution in [1.29, 1.82) is 0 Å². The summed E-state index contributed by atoms with van der Waals surface area (Å²) in [4.78, 5) is 13.7. The number of nitrogens with zero attached hydrogens (tertiary/aromatic N) is 1. The minimum absolute atomic E-state index is 0.218. The van der Waals surface area contributed by atoms with E-state index in [-0.39, 0.29) is 12.0 Å². The predicted octanol–water partition coefficient (Wildman–Crippen LogP) is 1.63. The monoisotopic (exact) mass is 255 g/mol. The Morgan fingerprint density at radius 2 is 2.19 bits per heavy atom. The van der Waals surface area contributed by atoms with Gasteiger partial charge in [0.05, 0.1) is 0 Å². The molecule has 0 fully saturated rings. The third-order valence-electron chi connectivity index (χ3n) is 2.94. The molecule has 0 aliphatic carbocycles. The van der Waals surface area contributed by atoms with Crippen molar-refractivity contribution < 1.29 is 8.98 Å². The van der Waals surface area contributed by atoms with Crippen LogP contribution in [0.15, 0.2) is 24.3 Å². The van der Waals surface area contributed by atoms with Crippen LogP contribution in [0.2, 0.25) is 0 Å². The number of fused-ring (bicyclic) bond motifs is 1. The Hall–Kier alpha value is -0.570. The third-order valence-corrected chi connectivity index (χ3v) is 3.59. The number of hydrogen-bond donors (Lipinski definition) is 1. The van der Waals surface area contributed by atoms with Gasteiger partial charge in [-0.1, -0.05) is 24.3 Å². The number of benzene rings is 1. The first-order chi connectivity index (χ1) is 7.76. The highest BCUT2D eigenvalue weighted by molar-refractivity contribution is 7.75. The van der Waals surface area contributed by atoms with Gasteiger partial charge in [-0.15, -0.1) is 9.24 Å². The van der Waals surface area contributed by atoms with Gasteiger partial charge in [-0.25, -0.2) is 4.79 Å². The van der Waals surface area contributed by atoms with E-state index in [2.05, 4.69) is 43.4 Å². The van der Waals surface area contributed by atoms with Crippen molar-refractivity contribution in [1.82, 2.24) is 4.90 Å². The van der Waals surface area contributed by atoms with Crippen molar-refractivity contribution in [3.8, 4) is 0 Å². The molecule has 0 radical (unpaired) electrons. The van der Waals surface area contributed by atoms with Crippen molar-refractivity contribution in [3.05, 3.63) is 35.4 Å². The number of hydrogen-bond acceptors (Lipinski definition) is 4. The van der Waals surface area contributed by atoms with E-state index >= 15 is 0 Å². The topological polar surface area (TPSA) is 29.5 Å². The SMILES string of the molecule is O=C(OS)C1Cc2ccccc2CN1CP. The van der Waals surface area contributed by atoms with Crippen molar-refractivity contribution in [3.63, 3.8) is 0 Å². The highest BCUT2D eigenvalue weighted by Crippen LogP contribution is 2.24. The Morgan fingerprint density at radius 1 is 1.50 bits per heavy atom. The summed E-state index contributed by atoms with van der Waals surface area (Å²) in [6.07, 6.45) is 1.45. The number of rotatable bonds is 2. The first-order valence-corrected chi connectivity index (χ1v) is 6.30. The molecule has 0 saturated heterocycles. The molecular weight excluding hydrogens is 241 g/mol. The van der Waals surface area contributed by atoms with Crippen molar-refractivity contribution in [2.45, 2.75) is 19.0 Å². The van der Waals surface area contributed by atoms with Crippen LogP contribution < -0.4 is 0 Å². The van der Waals surface area contributed by atoms with Crippen LogP contribution in [0, 0.1) is 0 Å². The van der Waals surface area contributed by atoms with E-state index in [1.807, 2.05) is 12.1 Å². The highest BCUT2D eigenvalue weighted by Gasteiger charge is 2.31. The van der Waals surface area contributed by atoms with Gasteiger partial charge < -0.3 is 4.18 Å². The quantitative estimate of drug-likeness (QED) is 0.495. The Labute approximate surface area is 103 Å². The molecule has 5 heteroatoms. The van der Waals surface area contributed by atoms with E-state index in [4.69, 9.17) is 0 Å². The molecule has 0 aromatic heterocycles. The smallest absolute Gasteiger partial charge is 0.335 e. The lowest BCUT2D eigenvalue weighted by molar-refractivity contribution is -0.139. The van der Waals surface area contributed by atoms with Crippen LogP contribution in [0.25, 0.3) is 0 Å². The van der Waals surface area contributed by atoms with Gasteiger partial charge in [0.25, 0.3) is 0 Å². The molecular formula is C11H14NO2PS. The lowest BCUT2D eigenvalue weighted by Gasteiger charge is -2.33. The van der Waals surface area contributed by atoms with Crippen LogP contribution in [0.4, 0.5) is 0 Å². The first-order valence-electron chi connectivity index (χ1n) is 5.12. The van der Waals surface area contributed by atoms with Crippen LogP contribution in [0.1, 0.15) is 11.1 Å². The maximum absolute atomic E-state index is 11.6. The largest absolute Gasteiger partial charge is 0.393 e. The fraction of sp³-hybridized carbons (Fsp3) is 0.364. The fourth-order valence-corrected chi connectivity index (χ4v) is 2.57. The summed E-state index contributed by atoms with van der Waals surface area (Å²) >= 11 is 3.59. The molecule has 1 aromatic carbocycles. The summed E-state index contributed by atoms with van der Waals surface area (Å²) in [6, 6.07) is 7.97. The predicted molar refractivity (Wildman–Crippen MR) is 69.1 cm³/mol. The molecule has 1 aliphatic heterocycles. The van der Waals surface area contributed by atoms with Gasteiger partial charge in [0, 0.05) is 25.7 Å². The first kappa shape index (κ1) is 11.9. The van der Waals surface area contributed by atoms with Crippen LogP contribution in [0.3, 0.4) is 0 Å². The molecule has 0 bridgehead atoms. The van der Waals surface area contributed by atoms with E-state index in [1.54, 1.807) is 0 Å². The van der Waals surface area contributed by atoms with Gasteiger partial charge in [0.2, 0.25) is 0 Å². The van der Waals surface area contributed by atoms with Gasteiger partial charge in [-0.3, -0.25) is 4.90 Å². The van der Waals surface area contributed by atoms with Gasteiger partial charge in [-0.2, -0.15) is 0 Å². The van der Waals surface area contributed by atoms with Gasteiger partial charge in [0.15, 0.2) is 0 Å². The lowest BCUT2D eigenvalue weighted by Crippen LogP contribution is -2.44. The lowest BCUT2D eigenvalue weighted by atomic mass is 9.94. The zero-order valence-electron chi connectivity index (χ0n) is 8.80. The number of carbonyl (C=O) groups excluding carboxylic acids is 1. The molecule has 3 nitrogen and oxygen atoms in total. The maximum Gasteiger partial charge on any atom is 0.335 e. The van der Waals surface area contributed by atoms with E-state index in [9.17, 15) is 4.79 Å². The molecule has 2 unspecified atom stereocenters. The van der Waals surface area contributed by atoms with Crippen LogP contribution in [-0.2, 0) is 21.9 Å². The van der Waals surface area contributed by atoms with Crippen LogP contribution in [0.5, 0.6) is 0 Å². The second-order valence-electron chi connectivity index (χ2n) is 3.83. The fourth-order valence-electron chi connectivity index (χ4n) is 2.06. The van der Waals surface area contributed by atoms with Crippen molar-refractivity contribution in [2.75, 3.05) is 6.29 Å². The van der Waals surface area contributed by atoms with Gasteiger partial charge >= 0.3 is 5.97 Å². The summed E-state index contributed by atoms with van der Waals surface area (Å²) in [5.74, 6) is -0.278. The van der Waals surface area contributed by atoms with Crippen LogP contribution >= 0.6 is 22.1 Å². The maximum atomic E-state index is 11.6. The summed E-state index contributed by atoms with van der Waals surface area (Å²) in [6.45, 7) is 0.785. The normalized spacial score (nSPS) is 20.2. The molecule has 1 heterocycles. The zero-order valence-corrected chi connectivity index (χ0v) is 10.8. The minimum atomic E-state index is -0.278. The molecule has 2 atom stereocenters. The number of thiol groups is 1. The van der Waals surface area contributed by atoms with Crippen LogP contribution in [-0.4, -0.2) is 23.2 Å². The summed E-state index contributed by atoms with van der Waals surface area (Å²) in [5, 5.41) is 0. The molecule has 16 heavy (non-hydrogen) atoms. The third kappa shape index (κ3) is 2.24. The summed E-state index contributed by atoms with van der Waals surface area (Å²) in [7, 11) is 2.65. The Bertz CT molecular complexity index is 399. The van der Waals surface area contributed by atoms with Crippen molar-refractivity contribution in [2.24, 2.45) is 0 Å². The summed E-state index contributed by atoms with van der Waals surface area (Å²) < 4.78 is 4.54. The molecule has 0 amide bonds. The summed E-state index contributed by atoms with van der Waals surface area (Å²) in [5.41, 5.74) is 2.51. The van der Waals surface area contributed by atoms with E-state index in [0.29, 0.717) is 6.42 Å². The molecule has 1 aliphatic rings. The van der Waals surface area contributed by atoms with Crippen molar-refractivity contribution >= 4 is 28.1 Å². The number of carbonyl (C=O) groups is 1. The zero-order chi connectivity index (χ0) is 11.5. The molecule has 0 spiro atoms. The minimum Gasteiger partial charge on any atom is -0.393 e. The Balaban J connectivity index is 2.27. The molecule has 0 N–H and O–H groups in total. The average Bonchev–Trinajstić information content (AvgIpc) is 2.36. The average molecular weight is 255 g/mol. The standard InChI is InChI=1S/C11H14NO2PS/c13-11(14-16)10-5-8-3-1-2-4-9(8)6-12(10)7-15/h1-4,10,16H,5-7,15H2. The van der Waals surface area contributed by atoms with Gasteiger partial charge in [0.1, 0.15) is 6.04 Å². The van der Waals surface area contributed by atoms with E-state index in [1.165, 1.54) is 11.1 Å². The Morgan fingerprint density at radius 3 is 2.81 bits per heavy atom. The molecule has 86 valence electrons.